The SMILES string of the molecule is Cc1ccc(S(=O)(=O)NCC(c2ccsc2)N2CCCCC2)c(C)c1. The zero-order valence-corrected chi connectivity index (χ0v) is 16.5. The number of hydrogen-bond acceptors (Lipinski definition) is 4. The van der Waals surface area contributed by atoms with E-state index in [9.17, 15) is 8.42 Å². The van der Waals surface area contributed by atoms with Crippen molar-refractivity contribution in [3.8, 4) is 0 Å². The molecule has 1 fully saturated rings. The molecule has 0 radical (unpaired) electrons. The lowest BCUT2D eigenvalue weighted by molar-refractivity contribution is 0.165. The normalized spacial score (nSPS) is 17.5. The Kier molecular flexibility index (Phi) is 5.94. The zero-order valence-electron chi connectivity index (χ0n) is 14.9. The lowest BCUT2D eigenvalue weighted by Gasteiger charge is -2.34. The van der Waals surface area contributed by atoms with Crippen LogP contribution >= 0.6 is 11.3 Å². The van der Waals surface area contributed by atoms with Gasteiger partial charge in [0.25, 0.3) is 0 Å². The van der Waals surface area contributed by atoms with Gasteiger partial charge in [-0.05, 0) is 73.8 Å². The maximum absolute atomic E-state index is 12.8. The molecule has 1 aromatic carbocycles. The summed E-state index contributed by atoms with van der Waals surface area (Å²) in [6, 6.07) is 7.67. The van der Waals surface area contributed by atoms with E-state index >= 15 is 0 Å². The molecule has 1 unspecified atom stereocenters. The van der Waals surface area contributed by atoms with Gasteiger partial charge in [0.15, 0.2) is 0 Å². The fraction of sp³-hybridized carbons (Fsp3) is 0.474. The third kappa shape index (κ3) is 4.50. The van der Waals surface area contributed by atoms with Gasteiger partial charge in [-0.2, -0.15) is 11.3 Å². The Morgan fingerprint density at radius 3 is 2.56 bits per heavy atom. The number of aryl methyl sites for hydroxylation is 2. The van der Waals surface area contributed by atoms with Gasteiger partial charge in [0, 0.05) is 12.6 Å². The number of benzene rings is 1. The summed E-state index contributed by atoms with van der Waals surface area (Å²) in [5, 5.41) is 4.19. The van der Waals surface area contributed by atoms with Crippen molar-refractivity contribution < 1.29 is 8.42 Å². The van der Waals surface area contributed by atoms with Crippen LogP contribution in [0.4, 0.5) is 0 Å². The van der Waals surface area contributed by atoms with Crippen molar-refractivity contribution >= 4 is 21.4 Å². The van der Waals surface area contributed by atoms with E-state index in [1.165, 1.54) is 24.8 Å². The molecule has 1 aromatic heterocycles. The second-order valence-electron chi connectivity index (χ2n) is 6.79. The minimum absolute atomic E-state index is 0.104. The van der Waals surface area contributed by atoms with Crippen molar-refractivity contribution in [2.45, 2.75) is 44.0 Å². The van der Waals surface area contributed by atoms with E-state index in [1.54, 1.807) is 17.4 Å². The fourth-order valence-corrected chi connectivity index (χ4v) is 5.49. The topological polar surface area (TPSA) is 49.4 Å². The van der Waals surface area contributed by atoms with Crippen molar-refractivity contribution in [3.63, 3.8) is 0 Å². The molecule has 0 spiro atoms. The van der Waals surface area contributed by atoms with E-state index in [2.05, 4.69) is 26.4 Å². The van der Waals surface area contributed by atoms with E-state index in [-0.39, 0.29) is 6.04 Å². The van der Waals surface area contributed by atoms with Gasteiger partial charge >= 0.3 is 0 Å². The summed E-state index contributed by atoms with van der Waals surface area (Å²) in [6.45, 7) is 6.30. The van der Waals surface area contributed by atoms with Gasteiger partial charge in [-0.1, -0.05) is 24.1 Å². The first kappa shape index (κ1) is 18.6. The van der Waals surface area contributed by atoms with Crippen molar-refractivity contribution in [1.29, 1.82) is 0 Å². The fourth-order valence-electron chi connectivity index (χ4n) is 3.52. The molecule has 2 heterocycles. The van der Waals surface area contributed by atoms with Crippen LogP contribution in [-0.4, -0.2) is 33.0 Å². The molecule has 1 saturated heterocycles. The van der Waals surface area contributed by atoms with Crippen LogP contribution in [0.1, 0.15) is 42.0 Å². The molecule has 2 aromatic rings. The van der Waals surface area contributed by atoms with Crippen LogP contribution < -0.4 is 4.72 Å². The second kappa shape index (κ2) is 7.99. The van der Waals surface area contributed by atoms with Crippen molar-refractivity contribution in [2.24, 2.45) is 0 Å². The number of piperidine rings is 1. The molecule has 0 aliphatic carbocycles. The molecule has 6 heteroatoms. The summed E-state index contributed by atoms with van der Waals surface area (Å²) in [5.41, 5.74) is 3.06. The maximum Gasteiger partial charge on any atom is 0.240 e. The third-order valence-corrected chi connectivity index (χ3v) is 7.13. The monoisotopic (exact) mass is 378 g/mol. The Morgan fingerprint density at radius 2 is 1.92 bits per heavy atom. The van der Waals surface area contributed by atoms with Crippen LogP contribution in [0.5, 0.6) is 0 Å². The summed E-state index contributed by atoms with van der Waals surface area (Å²) >= 11 is 1.66. The highest BCUT2D eigenvalue weighted by molar-refractivity contribution is 7.89. The number of nitrogens with one attached hydrogen (secondary N) is 1. The van der Waals surface area contributed by atoms with Gasteiger partial charge in [-0.15, -0.1) is 0 Å². The molecule has 0 bridgehead atoms. The lowest BCUT2D eigenvalue weighted by Crippen LogP contribution is -2.40. The minimum atomic E-state index is -3.51. The van der Waals surface area contributed by atoms with Gasteiger partial charge < -0.3 is 0 Å². The van der Waals surface area contributed by atoms with Gasteiger partial charge in [0.1, 0.15) is 0 Å². The summed E-state index contributed by atoms with van der Waals surface area (Å²) in [7, 11) is -3.51. The average molecular weight is 379 g/mol. The summed E-state index contributed by atoms with van der Waals surface area (Å²) in [5.74, 6) is 0. The Hall–Kier alpha value is -1.21. The molecule has 136 valence electrons. The quantitative estimate of drug-likeness (QED) is 0.830. The van der Waals surface area contributed by atoms with E-state index in [4.69, 9.17) is 0 Å². The van der Waals surface area contributed by atoms with Crippen LogP contribution in [0, 0.1) is 13.8 Å². The number of sulfonamides is 1. The Bertz CT molecular complexity index is 795. The van der Waals surface area contributed by atoms with Gasteiger partial charge in [0.2, 0.25) is 10.0 Å². The van der Waals surface area contributed by atoms with Gasteiger partial charge in [-0.25, -0.2) is 13.1 Å². The standard InChI is InChI=1S/C19H26N2O2S2/c1-15-6-7-19(16(2)12-15)25(22,23)20-13-18(17-8-11-24-14-17)21-9-4-3-5-10-21/h6-8,11-12,14,18,20H,3-5,9-10,13H2,1-2H3. The van der Waals surface area contributed by atoms with E-state index in [0.717, 1.165) is 24.2 Å². The molecule has 1 atom stereocenters. The van der Waals surface area contributed by atoms with Gasteiger partial charge in [0.05, 0.1) is 4.90 Å². The number of rotatable bonds is 6. The highest BCUT2D eigenvalue weighted by Gasteiger charge is 2.25. The molecule has 25 heavy (non-hydrogen) atoms. The van der Waals surface area contributed by atoms with E-state index in [1.807, 2.05) is 26.0 Å². The van der Waals surface area contributed by atoms with Crippen molar-refractivity contribution in [3.05, 3.63) is 51.7 Å². The molecule has 1 aliphatic heterocycles. The second-order valence-corrected chi connectivity index (χ2v) is 9.31. The lowest BCUT2D eigenvalue weighted by atomic mass is 10.0. The Morgan fingerprint density at radius 1 is 1.16 bits per heavy atom. The molecule has 4 nitrogen and oxygen atoms in total. The van der Waals surface area contributed by atoms with Crippen LogP contribution in [0.15, 0.2) is 39.9 Å². The van der Waals surface area contributed by atoms with E-state index in [0.29, 0.717) is 11.4 Å². The minimum Gasteiger partial charge on any atom is -0.295 e. The molecule has 1 aliphatic rings. The van der Waals surface area contributed by atoms with Crippen LogP contribution in [-0.2, 0) is 10.0 Å². The first-order valence-corrected chi connectivity index (χ1v) is 11.2. The molecule has 0 saturated carbocycles. The molecule has 3 rings (SSSR count). The summed E-state index contributed by atoms with van der Waals surface area (Å²) < 4.78 is 28.4. The van der Waals surface area contributed by atoms with Crippen molar-refractivity contribution in [2.75, 3.05) is 19.6 Å². The molecular formula is C19H26N2O2S2. The zero-order chi connectivity index (χ0) is 17.9. The smallest absolute Gasteiger partial charge is 0.240 e. The Balaban J connectivity index is 1.78. The van der Waals surface area contributed by atoms with E-state index < -0.39 is 10.0 Å². The molecule has 0 amide bonds. The first-order chi connectivity index (χ1) is 12.0. The molecule has 1 N–H and O–H groups in total. The third-order valence-electron chi connectivity index (χ3n) is 4.85. The summed E-state index contributed by atoms with van der Waals surface area (Å²) in [4.78, 5) is 2.79. The number of hydrogen-bond donors (Lipinski definition) is 1. The highest BCUT2D eigenvalue weighted by Crippen LogP contribution is 2.26. The predicted octanol–water partition coefficient (Wildman–Crippen LogP) is 3.87. The predicted molar refractivity (Wildman–Crippen MR) is 104 cm³/mol. The van der Waals surface area contributed by atoms with Gasteiger partial charge in [-0.3, -0.25) is 4.90 Å². The number of nitrogens with zero attached hydrogens (tertiary/aromatic N) is 1. The average Bonchev–Trinajstić information content (AvgIpc) is 3.10. The summed E-state index contributed by atoms with van der Waals surface area (Å²) in [6.07, 6.45) is 3.63. The number of likely N-dealkylation sites (tertiary alicyclic amines) is 1. The molecular weight excluding hydrogens is 352 g/mol. The van der Waals surface area contributed by atoms with Crippen LogP contribution in [0.2, 0.25) is 0 Å². The first-order valence-electron chi connectivity index (χ1n) is 8.80. The van der Waals surface area contributed by atoms with Crippen LogP contribution in [0.25, 0.3) is 0 Å². The van der Waals surface area contributed by atoms with Crippen molar-refractivity contribution in [1.82, 2.24) is 9.62 Å². The number of thiophene rings is 1. The van der Waals surface area contributed by atoms with Crippen LogP contribution in [0.3, 0.4) is 0 Å². The Labute approximate surface area is 154 Å². The largest absolute Gasteiger partial charge is 0.295 e. The maximum atomic E-state index is 12.8. The highest BCUT2D eigenvalue weighted by atomic mass is 32.2.